The quantitative estimate of drug-likeness (QED) is 0.907. The Labute approximate surface area is 135 Å². The Morgan fingerprint density at radius 1 is 1.00 bits per heavy atom. The fraction of sp³-hybridized carbons (Fsp3) is 0.188. The molecule has 0 bridgehead atoms. The number of ether oxygens (including phenoxy) is 2. The highest BCUT2D eigenvalue weighted by Gasteiger charge is 2.18. The van der Waals surface area contributed by atoms with E-state index in [1.807, 2.05) is 0 Å². The minimum atomic E-state index is -3.35. The molecule has 0 aliphatic rings. The van der Waals surface area contributed by atoms with E-state index < -0.39 is 15.7 Å². The number of hydrogen-bond donors (Lipinski definition) is 1. The number of carbonyl (C=O) groups is 1. The largest absolute Gasteiger partial charge is 0.496 e. The van der Waals surface area contributed by atoms with Gasteiger partial charge in [-0.25, -0.2) is 8.42 Å². The molecule has 0 aliphatic heterocycles. The van der Waals surface area contributed by atoms with Crippen molar-refractivity contribution < 1.29 is 22.7 Å². The monoisotopic (exact) mass is 335 g/mol. The van der Waals surface area contributed by atoms with Gasteiger partial charge in [0.2, 0.25) is 0 Å². The molecule has 0 radical (unpaired) electrons. The van der Waals surface area contributed by atoms with E-state index in [9.17, 15) is 13.2 Å². The molecule has 0 aromatic heterocycles. The third kappa shape index (κ3) is 3.81. The van der Waals surface area contributed by atoms with Crippen molar-refractivity contribution in [3.05, 3.63) is 48.0 Å². The van der Waals surface area contributed by atoms with Crippen LogP contribution in [-0.2, 0) is 9.84 Å². The van der Waals surface area contributed by atoms with Crippen LogP contribution in [0.5, 0.6) is 11.5 Å². The summed E-state index contributed by atoms with van der Waals surface area (Å²) >= 11 is 0. The number of amides is 1. The molecule has 7 heteroatoms. The smallest absolute Gasteiger partial charge is 0.263 e. The van der Waals surface area contributed by atoms with Crippen molar-refractivity contribution in [2.24, 2.45) is 0 Å². The number of methoxy groups -OCH3 is 2. The number of carbonyl (C=O) groups excluding carboxylic acids is 1. The zero-order valence-electron chi connectivity index (χ0n) is 13.0. The molecule has 23 heavy (non-hydrogen) atoms. The first kappa shape index (κ1) is 16.8. The van der Waals surface area contributed by atoms with E-state index in [0.717, 1.165) is 6.26 Å². The van der Waals surface area contributed by atoms with Crippen molar-refractivity contribution in [3.8, 4) is 11.5 Å². The van der Waals surface area contributed by atoms with Crippen molar-refractivity contribution in [3.63, 3.8) is 0 Å². The van der Waals surface area contributed by atoms with Gasteiger partial charge in [-0.15, -0.1) is 0 Å². The second-order valence-electron chi connectivity index (χ2n) is 4.79. The lowest BCUT2D eigenvalue weighted by atomic mass is 10.1. The van der Waals surface area contributed by atoms with Gasteiger partial charge in [-0.1, -0.05) is 12.1 Å². The summed E-state index contributed by atoms with van der Waals surface area (Å²) in [6.45, 7) is 0. The molecular weight excluding hydrogens is 318 g/mol. The van der Waals surface area contributed by atoms with Crippen LogP contribution in [0.1, 0.15) is 10.4 Å². The third-order valence-corrected chi connectivity index (χ3v) is 4.29. The van der Waals surface area contributed by atoms with E-state index in [1.54, 1.807) is 30.3 Å². The Morgan fingerprint density at radius 3 is 2.09 bits per heavy atom. The van der Waals surface area contributed by atoms with Gasteiger partial charge in [-0.05, 0) is 30.3 Å². The van der Waals surface area contributed by atoms with Crippen molar-refractivity contribution in [2.45, 2.75) is 4.90 Å². The van der Waals surface area contributed by atoms with Gasteiger partial charge >= 0.3 is 0 Å². The van der Waals surface area contributed by atoms with E-state index in [1.165, 1.54) is 26.4 Å². The lowest BCUT2D eigenvalue weighted by molar-refractivity contribution is 0.102. The molecule has 0 saturated heterocycles. The van der Waals surface area contributed by atoms with Crippen molar-refractivity contribution in [2.75, 3.05) is 25.8 Å². The summed E-state index contributed by atoms with van der Waals surface area (Å²) in [5, 5.41) is 2.66. The average molecular weight is 335 g/mol. The topological polar surface area (TPSA) is 81.7 Å². The first-order valence-electron chi connectivity index (χ1n) is 6.69. The SMILES string of the molecule is COc1cccc(OC)c1C(=O)Nc1cccc(S(C)(=O)=O)c1. The highest BCUT2D eigenvalue weighted by molar-refractivity contribution is 7.90. The van der Waals surface area contributed by atoms with E-state index in [0.29, 0.717) is 17.2 Å². The van der Waals surface area contributed by atoms with Gasteiger partial charge in [0.25, 0.3) is 5.91 Å². The molecule has 0 atom stereocenters. The molecule has 0 unspecified atom stereocenters. The van der Waals surface area contributed by atoms with E-state index >= 15 is 0 Å². The van der Waals surface area contributed by atoms with Gasteiger partial charge in [0, 0.05) is 11.9 Å². The van der Waals surface area contributed by atoms with Crippen LogP contribution < -0.4 is 14.8 Å². The Kier molecular flexibility index (Phi) is 4.90. The number of nitrogens with one attached hydrogen (secondary N) is 1. The van der Waals surface area contributed by atoms with E-state index in [2.05, 4.69) is 5.32 Å². The molecule has 0 fully saturated rings. The summed E-state index contributed by atoms with van der Waals surface area (Å²) in [7, 11) is -0.444. The van der Waals surface area contributed by atoms with Crippen LogP contribution in [0, 0.1) is 0 Å². The maximum Gasteiger partial charge on any atom is 0.263 e. The zero-order chi connectivity index (χ0) is 17.0. The fourth-order valence-electron chi connectivity index (χ4n) is 2.07. The Balaban J connectivity index is 2.37. The number of benzene rings is 2. The molecule has 0 saturated carbocycles. The lowest BCUT2D eigenvalue weighted by Crippen LogP contribution is -2.15. The number of sulfone groups is 1. The zero-order valence-corrected chi connectivity index (χ0v) is 13.8. The summed E-state index contributed by atoms with van der Waals surface area (Å²) < 4.78 is 33.6. The average Bonchev–Trinajstić information content (AvgIpc) is 2.53. The predicted octanol–water partition coefficient (Wildman–Crippen LogP) is 2.36. The first-order chi connectivity index (χ1) is 10.9. The van der Waals surface area contributed by atoms with Crippen LogP contribution in [0.15, 0.2) is 47.4 Å². The van der Waals surface area contributed by atoms with Gasteiger partial charge in [-0.3, -0.25) is 4.79 Å². The van der Waals surface area contributed by atoms with Crippen LogP contribution in [0.25, 0.3) is 0 Å². The van der Waals surface area contributed by atoms with Crippen LogP contribution in [0.2, 0.25) is 0 Å². The summed E-state index contributed by atoms with van der Waals surface area (Å²) in [6, 6.07) is 11.0. The number of anilines is 1. The highest BCUT2D eigenvalue weighted by atomic mass is 32.2. The lowest BCUT2D eigenvalue weighted by Gasteiger charge is -2.13. The van der Waals surface area contributed by atoms with Crippen LogP contribution in [0.3, 0.4) is 0 Å². The summed E-state index contributed by atoms with van der Waals surface area (Å²) in [5.41, 5.74) is 0.605. The normalized spacial score (nSPS) is 10.9. The van der Waals surface area contributed by atoms with E-state index in [-0.39, 0.29) is 10.5 Å². The molecule has 2 aromatic rings. The van der Waals surface area contributed by atoms with Gasteiger partial charge < -0.3 is 14.8 Å². The van der Waals surface area contributed by atoms with Gasteiger partial charge in [0.15, 0.2) is 9.84 Å². The molecule has 0 aliphatic carbocycles. The number of rotatable bonds is 5. The second-order valence-corrected chi connectivity index (χ2v) is 6.81. The Bertz CT molecular complexity index is 808. The van der Waals surface area contributed by atoms with Gasteiger partial charge in [-0.2, -0.15) is 0 Å². The third-order valence-electron chi connectivity index (χ3n) is 3.17. The Morgan fingerprint density at radius 2 is 1.57 bits per heavy atom. The van der Waals surface area contributed by atoms with Gasteiger partial charge in [0.05, 0.1) is 19.1 Å². The molecule has 0 heterocycles. The van der Waals surface area contributed by atoms with Crippen LogP contribution >= 0.6 is 0 Å². The van der Waals surface area contributed by atoms with Crippen molar-refractivity contribution in [1.29, 1.82) is 0 Å². The fourth-order valence-corrected chi connectivity index (χ4v) is 2.74. The van der Waals surface area contributed by atoms with Crippen LogP contribution in [-0.4, -0.2) is 34.8 Å². The molecule has 2 rings (SSSR count). The summed E-state index contributed by atoms with van der Waals surface area (Å²) in [6.07, 6.45) is 1.11. The standard InChI is InChI=1S/C16H17NO5S/c1-21-13-8-5-9-14(22-2)15(13)16(18)17-11-6-4-7-12(10-11)23(3,19)20/h4-10H,1-3H3,(H,17,18). The molecule has 1 N–H and O–H groups in total. The minimum Gasteiger partial charge on any atom is -0.496 e. The minimum absolute atomic E-state index is 0.127. The molecule has 6 nitrogen and oxygen atoms in total. The highest BCUT2D eigenvalue weighted by Crippen LogP contribution is 2.29. The number of hydrogen-bond acceptors (Lipinski definition) is 5. The predicted molar refractivity (Wildman–Crippen MR) is 87.1 cm³/mol. The van der Waals surface area contributed by atoms with Crippen molar-refractivity contribution in [1.82, 2.24) is 0 Å². The van der Waals surface area contributed by atoms with E-state index in [4.69, 9.17) is 9.47 Å². The van der Waals surface area contributed by atoms with Crippen molar-refractivity contribution >= 4 is 21.4 Å². The maximum atomic E-state index is 12.5. The summed E-state index contributed by atoms with van der Waals surface area (Å²) in [4.78, 5) is 12.6. The maximum absolute atomic E-state index is 12.5. The Hall–Kier alpha value is -2.54. The molecule has 0 spiro atoms. The first-order valence-corrected chi connectivity index (χ1v) is 8.58. The second kappa shape index (κ2) is 6.70. The molecular formula is C16H17NO5S. The summed E-state index contributed by atoms with van der Waals surface area (Å²) in [5.74, 6) is 0.271. The molecule has 122 valence electrons. The molecule has 2 aromatic carbocycles. The van der Waals surface area contributed by atoms with Gasteiger partial charge in [0.1, 0.15) is 17.1 Å². The van der Waals surface area contributed by atoms with Crippen LogP contribution in [0.4, 0.5) is 5.69 Å². The molecule has 1 amide bonds.